The van der Waals surface area contributed by atoms with Gasteiger partial charge in [0, 0.05) is 57.7 Å². The van der Waals surface area contributed by atoms with Gasteiger partial charge in [-0.2, -0.15) is 26.3 Å². The molecule has 0 bridgehead atoms. The SMILES string of the molecule is COCCOc1ccc(CNC(=O)OS(=O)(=O)NCCN2CCOCC2)c(Oc2ncc(C(F)(F)F)cc2Cl)c1. The first-order chi connectivity index (χ1) is 19.0. The van der Waals surface area contributed by atoms with Crippen molar-refractivity contribution in [1.82, 2.24) is 19.9 Å². The fourth-order valence-electron chi connectivity index (χ4n) is 3.35. The summed E-state index contributed by atoms with van der Waals surface area (Å²) < 4.78 is 91.1. The summed E-state index contributed by atoms with van der Waals surface area (Å²) in [4.78, 5) is 17.8. The zero-order chi connectivity index (χ0) is 29.2. The Kier molecular flexibility index (Phi) is 11.6. The van der Waals surface area contributed by atoms with Crippen LogP contribution in [0, 0.1) is 0 Å². The summed E-state index contributed by atoms with van der Waals surface area (Å²) in [6.07, 6.45) is -5.36. The van der Waals surface area contributed by atoms with Gasteiger partial charge in [0.1, 0.15) is 23.1 Å². The van der Waals surface area contributed by atoms with E-state index in [4.69, 9.17) is 30.5 Å². The number of aromatic nitrogens is 1. The Morgan fingerprint density at radius 1 is 1.20 bits per heavy atom. The van der Waals surface area contributed by atoms with Gasteiger partial charge in [0.15, 0.2) is 0 Å². The zero-order valence-corrected chi connectivity index (χ0v) is 22.9. The van der Waals surface area contributed by atoms with Crippen molar-refractivity contribution in [2.45, 2.75) is 12.7 Å². The molecule has 17 heteroatoms. The average molecular weight is 613 g/mol. The number of nitrogens with zero attached hydrogens (tertiary/aromatic N) is 2. The van der Waals surface area contributed by atoms with Gasteiger partial charge in [-0.3, -0.25) is 4.90 Å². The van der Waals surface area contributed by atoms with E-state index < -0.39 is 33.2 Å². The van der Waals surface area contributed by atoms with Crippen LogP contribution in [0.3, 0.4) is 0 Å². The largest absolute Gasteiger partial charge is 0.491 e. The van der Waals surface area contributed by atoms with Gasteiger partial charge in [-0.25, -0.2) is 9.78 Å². The number of amides is 1. The predicted octanol–water partition coefficient (Wildman–Crippen LogP) is 2.96. The van der Waals surface area contributed by atoms with Crippen LogP contribution in [-0.4, -0.2) is 84.1 Å². The van der Waals surface area contributed by atoms with Crippen molar-refractivity contribution in [2.75, 3.05) is 59.7 Å². The number of ether oxygens (including phenoxy) is 4. The van der Waals surface area contributed by atoms with E-state index in [1.807, 2.05) is 4.90 Å². The minimum atomic E-state index is -4.66. The van der Waals surface area contributed by atoms with Crippen LogP contribution in [0.4, 0.5) is 18.0 Å². The van der Waals surface area contributed by atoms with E-state index in [-0.39, 0.29) is 43.5 Å². The highest BCUT2D eigenvalue weighted by Crippen LogP contribution is 2.36. The molecule has 0 radical (unpaired) electrons. The second-order valence-electron chi connectivity index (χ2n) is 8.25. The average Bonchev–Trinajstić information content (AvgIpc) is 2.89. The minimum Gasteiger partial charge on any atom is -0.491 e. The molecule has 2 heterocycles. The first-order valence-electron chi connectivity index (χ1n) is 11.9. The van der Waals surface area contributed by atoms with E-state index in [1.165, 1.54) is 25.3 Å². The van der Waals surface area contributed by atoms with Gasteiger partial charge in [-0.05, 0) is 18.2 Å². The molecule has 1 aliphatic rings. The molecule has 1 amide bonds. The predicted molar refractivity (Wildman–Crippen MR) is 136 cm³/mol. The Hall–Kier alpha value is -2.89. The van der Waals surface area contributed by atoms with Crippen LogP contribution in [0.5, 0.6) is 17.4 Å². The van der Waals surface area contributed by atoms with Crippen molar-refractivity contribution < 1.29 is 49.5 Å². The maximum atomic E-state index is 13.0. The molecule has 2 aromatic rings. The van der Waals surface area contributed by atoms with Crippen LogP contribution in [0.25, 0.3) is 0 Å². The lowest BCUT2D eigenvalue weighted by molar-refractivity contribution is -0.137. The van der Waals surface area contributed by atoms with Gasteiger partial charge in [0.05, 0.1) is 25.4 Å². The molecule has 40 heavy (non-hydrogen) atoms. The number of nitrogens with one attached hydrogen (secondary N) is 2. The molecule has 1 aromatic heterocycles. The molecule has 1 fully saturated rings. The van der Waals surface area contributed by atoms with E-state index in [2.05, 4.69) is 19.2 Å². The van der Waals surface area contributed by atoms with Crippen LogP contribution in [-0.2, 0) is 36.7 Å². The number of benzene rings is 1. The molecule has 0 atom stereocenters. The standard InChI is InChI=1S/C23H28ClF3N4O8S/c1-35-10-11-37-18-3-2-16(20(13-18)38-21-19(24)12-17(15-28-21)23(25,26)27)14-29-22(32)39-40(33,34)30-4-5-31-6-8-36-9-7-31/h2-3,12-13,15,30H,4-11,14H2,1H3,(H,29,32). The third-order valence-corrected chi connectivity index (χ3v) is 6.55. The van der Waals surface area contributed by atoms with Gasteiger partial charge >= 0.3 is 22.6 Å². The summed E-state index contributed by atoms with van der Waals surface area (Å²) in [5, 5.41) is 1.88. The maximum absolute atomic E-state index is 13.0. The number of morpholine rings is 1. The first-order valence-corrected chi connectivity index (χ1v) is 13.7. The second kappa shape index (κ2) is 14.7. The lowest BCUT2D eigenvalue weighted by Crippen LogP contribution is -2.42. The highest BCUT2D eigenvalue weighted by molar-refractivity contribution is 7.85. The highest BCUT2D eigenvalue weighted by atomic mass is 35.5. The van der Waals surface area contributed by atoms with E-state index in [0.29, 0.717) is 50.9 Å². The molecule has 0 aliphatic carbocycles. The number of pyridine rings is 1. The van der Waals surface area contributed by atoms with Crippen LogP contribution in [0.15, 0.2) is 30.5 Å². The number of hydrogen-bond acceptors (Lipinski definition) is 10. The Bertz CT molecular complexity index is 1250. The number of carbonyl (C=O) groups excluding carboxylic acids is 1. The fourth-order valence-corrected chi connectivity index (χ4v) is 4.21. The Balaban J connectivity index is 1.65. The molecule has 1 aliphatic heterocycles. The smallest absolute Gasteiger partial charge is 0.423 e. The van der Waals surface area contributed by atoms with E-state index >= 15 is 0 Å². The number of carbonyl (C=O) groups is 1. The second-order valence-corrected chi connectivity index (χ2v) is 10.0. The molecular weight excluding hydrogens is 585 g/mol. The molecule has 0 spiro atoms. The van der Waals surface area contributed by atoms with Crippen molar-refractivity contribution in [2.24, 2.45) is 0 Å². The number of methoxy groups -OCH3 is 1. The lowest BCUT2D eigenvalue weighted by Gasteiger charge is -2.26. The maximum Gasteiger partial charge on any atom is 0.423 e. The third kappa shape index (κ3) is 10.3. The fraction of sp³-hybridized carbons (Fsp3) is 0.478. The normalized spacial score (nSPS) is 14.5. The van der Waals surface area contributed by atoms with Crippen molar-refractivity contribution in [3.63, 3.8) is 0 Å². The van der Waals surface area contributed by atoms with Crippen LogP contribution in [0.1, 0.15) is 11.1 Å². The topological polar surface area (TPSA) is 138 Å². The lowest BCUT2D eigenvalue weighted by atomic mass is 10.2. The molecule has 2 N–H and O–H groups in total. The quantitative estimate of drug-likeness (QED) is 0.325. The zero-order valence-electron chi connectivity index (χ0n) is 21.3. The molecule has 3 rings (SSSR count). The number of rotatable bonds is 13. The Labute approximate surface area is 233 Å². The van der Waals surface area contributed by atoms with Gasteiger partial charge in [0.2, 0.25) is 5.88 Å². The summed E-state index contributed by atoms with van der Waals surface area (Å²) in [5.74, 6) is 0.00362. The van der Waals surface area contributed by atoms with E-state index in [0.717, 1.165) is 0 Å². The first kappa shape index (κ1) is 31.6. The van der Waals surface area contributed by atoms with Crippen molar-refractivity contribution in [3.8, 4) is 17.4 Å². The van der Waals surface area contributed by atoms with Crippen molar-refractivity contribution >= 4 is 28.0 Å². The molecule has 1 aromatic carbocycles. The van der Waals surface area contributed by atoms with Crippen LogP contribution >= 0.6 is 11.6 Å². The van der Waals surface area contributed by atoms with Gasteiger partial charge < -0.3 is 28.4 Å². The van der Waals surface area contributed by atoms with Crippen molar-refractivity contribution in [3.05, 3.63) is 46.6 Å². The summed E-state index contributed by atoms with van der Waals surface area (Å²) in [6.45, 7) is 3.06. The summed E-state index contributed by atoms with van der Waals surface area (Å²) in [6, 6.07) is 5.09. The van der Waals surface area contributed by atoms with Gasteiger partial charge in [0.25, 0.3) is 0 Å². The summed E-state index contributed by atoms with van der Waals surface area (Å²) >= 11 is 5.96. The summed E-state index contributed by atoms with van der Waals surface area (Å²) in [7, 11) is -2.90. The Morgan fingerprint density at radius 2 is 1.95 bits per heavy atom. The molecule has 222 valence electrons. The summed E-state index contributed by atoms with van der Waals surface area (Å²) in [5.41, 5.74) is -0.780. The van der Waals surface area contributed by atoms with Gasteiger partial charge in [-0.1, -0.05) is 11.6 Å². The number of hydrogen-bond donors (Lipinski definition) is 2. The number of alkyl halides is 3. The highest BCUT2D eigenvalue weighted by Gasteiger charge is 2.32. The molecule has 1 saturated heterocycles. The molecular formula is C23H28ClF3N4O8S. The van der Waals surface area contributed by atoms with Crippen molar-refractivity contribution in [1.29, 1.82) is 0 Å². The van der Waals surface area contributed by atoms with E-state index in [9.17, 15) is 26.4 Å². The van der Waals surface area contributed by atoms with Crippen LogP contribution in [0.2, 0.25) is 5.02 Å². The molecule has 12 nitrogen and oxygen atoms in total. The van der Waals surface area contributed by atoms with Gasteiger partial charge in [-0.15, -0.1) is 0 Å². The minimum absolute atomic E-state index is 0.0240. The van der Waals surface area contributed by atoms with Crippen LogP contribution < -0.4 is 19.5 Å². The third-order valence-electron chi connectivity index (χ3n) is 5.36. The molecule has 0 unspecified atom stereocenters. The molecule has 0 saturated carbocycles. The Morgan fingerprint density at radius 3 is 2.62 bits per heavy atom. The van der Waals surface area contributed by atoms with E-state index in [1.54, 1.807) is 0 Å². The number of halogens is 4. The monoisotopic (exact) mass is 612 g/mol.